The zero-order chi connectivity index (χ0) is 14.4. The second-order valence-corrected chi connectivity index (χ2v) is 5.50. The molecule has 4 heterocycles. The van der Waals surface area contributed by atoms with E-state index in [1.165, 1.54) is 0 Å². The summed E-state index contributed by atoms with van der Waals surface area (Å²) in [6.45, 7) is 5.44. The molecule has 0 saturated carbocycles. The zero-order valence-corrected chi connectivity index (χ0v) is 12.0. The summed E-state index contributed by atoms with van der Waals surface area (Å²) in [4.78, 5) is 9.10. The highest BCUT2D eigenvalue weighted by molar-refractivity contribution is 5.60. The van der Waals surface area contributed by atoms with Gasteiger partial charge in [-0.2, -0.15) is 4.98 Å². The van der Waals surface area contributed by atoms with E-state index in [1.54, 1.807) is 0 Å². The summed E-state index contributed by atoms with van der Waals surface area (Å²) in [5.41, 5.74) is 3.80. The van der Waals surface area contributed by atoms with Gasteiger partial charge in [0.2, 0.25) is 0 Å². The van der Waals surface area contributed by atoms with Crippen LogP contribution in [0.4, 0.5) is 0 Å². The van der Waals surface area contributed by atoms with Gasteiger partial charge < -0.3 is 9.26 Å². The van der Waals surface area contributed by atoms with E-state index in [-0.39, 0.29) is 5.92 Å². The maximum atomic E-state index is 5.47. The lowest BCUT2D eigenvalue weighted by Crippen LogP contribution is -2.00. The highest BCUT2D eigenvalue weighted by atomic mass is 16.5. The van der Waals surface area contributed by atoms with Crippen LogP contribution < -0.4 is 0 Å². The summed E-state index contributed by atoms with van der Waals surface area (Å²) in [6, 6.07) is 4.04. The van der Waals surface area contributed by atoms with Crippen molar-refractivity contribution >= 4 is 5.65 Å². The van der Waals surface area contributed by atoms with Crippen LogP contribution in [-0.4, -0.2) is 32.7 Å². The van der Waals surface area contributed by atoms with Crippen molar-refractivity contribution in [2.45, 2.75) is 26.2 Å². The summed E-state index contributed by atoms with van der Waals surface area (Å²) in [5, 5.41) is 4.12. The predicted molar refractivity (Wildman–Crippen MR) is 76.1 cm³/mol. The second kappa shape index (κ2) is 4.66. The molecule has 1 atom stereocenters. The first-order valence-corrected chi connectivity index (χ1v) is 7.09. The van der Waals surface area contributed by atoms with E-state index in [9.17, 15) is 0 Å². The highest BCUT2D eigenvalue weighted by Gasteiger charge is 2.25. The number of ether oxygens (including phenoxy) is 1. The molecule has 1 fully saturated rings. The number of nitrogens with zero attached hydrogens (tertiary/aromatic N) is 4. The number of hydrogen-bond donors (Lipinski definition) is 0. The van der Waals surface area contributed by atoms with Crippen LogP contribution >= 0.6 is 0 Å². The van der Waals surface area contributed by atoms with Gasteiger partial charge in [-0.15, -0.1) is 0 Å². The van der Waals surface area contributed by atoms with Gasteiger partial charge in [0.25, 0.3) is 5.89 Å². The lowest BCUT2D eigenvalue weighted by molar-refractivity contribution is 0.192. The van der Waals surface area contributed by atoms with E-state index >= 15 is 0 Å². The van der Waals surface area contributed by atoms with Gasteiger partial charge in [-0.05, 0) is 31.9 Å². The van der Waals surface area contributed by atoms with E-state index in [4.69, 9.17) is 9.26 Å². The van der Waals surface area contributed by atoms with Gasteiger partial charge in [-0.1, -0.05) is 11.2 Å². The molecule has 4 rings (SSSR count). The van der Waals surface area contributed by atoms with Crippen molar-refractivity contribution < 1.29 is 9.26 Å². The van der Waals surface area contributed by atoms with Gasteiger partial charge in [-0.3, -0.25) is 4.40 Å². The van der Waals surface area contributed by atoms with Crippen LogP contribution in [-0.2, 0) is 4.74 Å². The molecule has 3 aromatic rings. The Labute approximate surface area is 121 Å². The van der Waals surface area contributed by atoms with Crippen LogP contribution in [0.25, 0.3) is 17.2 Å². The van der Waals surface area contributed by atoms with Crippen molar-refractivity contribution in [1.82, 2.24) is 19.5 Å². The maximum Gasteiger partial charge on any atom is 0.276 e. The fourth-order valence-electron chi connectivity index (χ4n) is 2.76. The Hall–Kier alpha value is -2.21. The number of pyridine rings is 1. The molecule has 3 aromatic heterocycles. The Bertz CT molecular complexity index is 799. The normalized spacial score (nSPS) is 18.7. The molecule has 21 heavy (non-hydrogen) atoms. The minimum Gasteiger partial charge on any atom is -0.381 e. The molecule has 0 aromatic carbocycles. The topological polar surface area (TPSA) is 65.5 Å². The summed E-state index contributed by atoms with van der Waals surface area (Å²) in [6.07, 6.45) is 2.98. The van der Waals surface area contributed by atoms with E-state index < -0.39 is 0 Å². The van der Waals surface area contributed by atoms with E-state index in [0.717, 1.165) is 41.5 Å². The minimum atomic E-state index is 0.240. The largest absolute Gasteiger partial charge is 0.381 e. The maximum absolute atomic E-state index is 5.47. The molecule has 0 spiro atoms. The van der Waals surface area contributed by atoms with Crippen molar-refractivity contribution in [2.75, 3.05) is 13.2 Å². The molecular formula is C15H16N4O2. The molecule has 1 saturated heterocycles. The molecule has 0 aliphatic carbocycles. The van der Waals surface area contributed by atoms with Gasteiger partial charge >= 0.3 is 0 Å². The van der Waals surface area contributed by atoms with Crippen molar-refractivity contribution in [3.63, 3.8) is 0 Å². The highest BCUT2D eigenvalue weighted by Crippen LogP contribution is 2.28. The zero-order valence-electron chi connectivity index (χ0n) is 12.0. The Balaban J connectivity index is 1.82. The van der Waals surface area contributed by atoms with Gasteiger partial charge in [0.05, 0.1) is 12.3 Å². The Morgan fingerprint density at radius 2 is 2.14 bits per heavy atom. The van der Waals surface area contributed by atoms with E-state index in [1.807, 2.05) is 36.6 Å². The SMILES string of the molecule is Cc1ccc2nc(C)c(-c3nc([C@H]4CCOC4)no3)n2c1. The average Bonchev–Trinajstić information content (AvgIpc) is 3.15. The lowest BCUT2D eigenvalue weighted by atomic mass is 10.1. The molecule has 0 N–H and O–H groups in total. The van der Waals surface area contributed by atoms with Crippen molar-refractivity contribution in [3.8, 4) is 11.6 Å². The molecule has 0 amide bonds. The third kappa shape index (κ3) is 2.03. The monoisotopic (exact) mass is 284 g/mol. The third-order valence-electron chi connectivity index (χ3n) is 3.88. The number of imidazole rings is 1. The van der Waals surface area contributed by atoms with Crippen molar-refractivity contribution in [2.24, 2.45) is 0 Å². The Morgan fingerprint density at radius 3 is 2.95 bits per heavy atom. The molecule has 0 unspecified atom stereocenters. The molecule has 0 radical (unpaired) electrons. The van der Waals surface area contributed by atoms with Gasteiger partial charge in [0, 0.05) is 18.7 Å². The molecule has 1 aliphatic heterocycles. The number of fused-ring (bicyclic) bond motifs is 1. The summed E-state index contributed by atoms with van der Waals surface area (Å²) in [5.74, 6) is 1.49. The molecule has 6 heteroatoms. The smallest absolute Gasteiger partial charge is 0.276 e. The number of rotatable bonds is 2. The number of aromatic nitrogens is 4. The number of hydrogen-bond acceptors (Lipinski definition) is 5. The van der Waals surface area contributed by atoms with E-state index in [0.29, 0.717) is 12.5 Å². The fraction of sp³-hybridized carbons (Fsp3) is 0.400. The molecule has 108 valence electrons. The van der Waals surface area contributed by atoms with Crippen molar-refractivity contribution in [3.05, 3.63) is 35.4 Å². The van der Waals surface area contributed by atoms with Crippen LogP contribution in [0.5, 0.6) is 0 Å². The van der Waals surface area contributed by atoms with Crippen LogP contribution in [0.15, 0.2) is 22.9 Å². The third-order valence-corrected chi connectivity index (χ3v) is 3.88. The average molecular weight is 284 g/mol. The van der Waals surface area contributed by atoms with Gasteiger partial charge in [0.1, 0.15) is 11.3 Å². The Kier molecular flexibility index (Phi) is 2.78. The van der Waals surface area contributed by atoms with Crippen LogP contribution in [0.3, 0.4) is 0 Å². The van der Waals surface area contributed by atoms with Gasteiger partial charge in [-0.25, -0.2) is 4.98 Å². The fourth-order valence-corrected chi connectivity index (χ4v) is 2.76. The first kappa shape index (κ1) is 12.5. The number of aryl methyl sites for hydroxylation is 2. The summed E-state index contributed by atoms with van der Waals surface area (Å²) < 4.78 is 12.9. The second-order valence-electron chi connectivity index (χ2n) is 5.50. The van der Waals surface area contributed by atoms with Crippen LogP contribution in [0.2, 0.25) is 0 Å². The van der Waals surface area contributed by atoms with E-state index in [2.05, 4.69) is 15.1 Å². The van der Waals surface area contributed by atoms with Crippen LogP contribution in [0, 0.1) is 13.8 Å². The van der Waals surface area contributed by atoms with Crippen LogP contribution in [0.1, 0.15) is 29.4 Å². The van der Waals surface area contributed by atoms with Crippen molar-refractivity contribution in [1.29, 1.82) is 0 Å². The molecular weight excluding hydrogens is 268 g/mol. The first-order chi connectivity index (χ1) is 10.2. The molecule has 1 aliphatic rings. The quantitative estimate of drug-likeness (QED) is 0.723. The molecule has 6 nitrogen and oxygen atoms in total. The summed E-state index contributed by atoms with van der Waals surface area (Å²) in [7, 11) is 0. The predicted octanol–water partition coefficient (Wildman–Crippen LogP) is 2.51. The lowest BCUT2D eigenvalue weighted by Gasteiger charge is -2.00. The minimum absolute atomic E-state index is 0.240. The van der Waals surface area contributed by atoms with Gasteiger partial charge in [0.15, 0.2) is 5.82 Å². The standard InChI is InChI=1S/C15H16N4O2/c1-9-3-4-12-16-10(2)13(19(12)7-9)15-17-14(18-21-15)11-5-6-20-8-11/h3-4,7,11H,5-6,8H2,1-2H3/t11-/m0/s1. The summed E-state index contributed by atoms with van der Waals surface area (Å²) >= 11 is 0. The molecule has 0 bridgehead atoms. The Morgan fingerprint density at radius 1 is 1.24 bits per heavy atom. The first-order valence-electron chi connectivity index (χ1n) is 7.09.